The van der Waals surface area contributed by atoms with Crippen molar-refractivity contribution in [3.63, 3.8) is 0 Å². The monoisotopic (exact) mass is 464 g/mol. The van der Waals surface area contributed by atoms with Gasteiger partial charge in [-0.2, -0.15) is 0 Å². The van der Waals surface area contributed by atoms with Gasteiger partial charge in [0.15, 0.2) is 5.11 Å². The molecule has 0 aliphatic carbocycles. The zero-order valence-corrected chi connectivity index (χ0v) is 19.8. The number of thiocarbonyl (C=S) groups is 1. The molecule has 172 valence electrons. The van der Waals surface area contributed by atoms with Gasteiger partial charge < -0.3 is 24.3 Å². The minimum Gasteiger partial charge on any atom is -0.465 e. The highest BCUT2D eigenvalue weighted by Gasteiger charge is 2.41. The quantitative estimate of drug-likeness (QED) is 0.396. The number of carbonyl (C=O) groups excluding carboxylic acids is 1. The van der Waals surface area contributed by atoms with Crippen LogP contribution in [-0.4, -0.2) is 60.2 Å². The third-order valence-corrected chi connectivity index (χ3v) is 6.04. The number of aromatic nitrogens is 1. The Kier molecular flexibility index (Phi) is 7.05. The molecule has 1 aliphatic heterocycles. The molecular weight excluding hydrogens is 436 g/mol. The van der Waals surface area contributed by atoms with Gasteiger partial charge in [-0.15, -0.1) is 0 Å². The minimum atomic E-state index is -0.378. The SMILES string of the molecule is COC(=O)c1cccc(-c2ccc([C@H]3[C@@H](c4ccccn4)NC(=S)N3CCCN(C)C)o2)c1. The van der Waals surface area contributed by atoms with Gasteiger partial charge in [-0.25, -0.2) is 4.79 Å². The minimum absolute atomic E-state index is 0.126. The number of benzene rings is 1. The highest BCUT2D eigenvalue weighted by Crippen LogP contribution is 2.40. The van der Waals surface area contributed by atoms with E-state index in [9.17, 15) is 4.79 Å². The first kappa shape index (κ1) is 22.9. The number of hydrogen-bond donors (Lipinski definition) is 1. The molecule has 1 fully saturated rings. The van der Waals surface area contributed by atoms with Crippen molar-refractivity contribution in [2.24, 2.45) is 0 Å². The molecule has 33 heavy (non-hydrogen) atoms. The van der Waals surface area contributed by atoms with E-state index in [0.29, 0.717) is 16.4 Å². The van der Waals surface area contributed by atoms with Gasteiger partial charge >= 0.3 is 5.97 Å². The first-order valence-electron chi connectivity index (χ1n) is 10.9. The molecule has 2 aromatic heterocycles. The van der Waals surface area contributed by atoms with Crippen molar-refractivity contribution in [3.8, 4) is 11.3 Å². The molecule has 0 bridgehead atoms. The highest BCUT2D eigenvalue weighted by atomic mass is 32.1. The molecule has 1 saturated heterocycles. The molecule has 3 heterocycles. The van der Waals surface area contributed by atoms with Crippen molar-refractivity contribution in [1.82, 2.24) is 20.1 Å². The van der Waals surface area contributed by atoms with Crippen LogP contribution in [0.1, 0.15) is 40.3 Å². The molecule has 1 aliphatic rings. The lowest BCUT2D eigenvalue weighted by Gasteiger charge is -2.26. The molecule has 3 aromatic rings. The Bertz CT molecular complexity index is 1120. The van der Waals surface area contributed by atoms with Gasteiger partial charge in [0.2, 0.25) is 0 Å². The summed E-state index contributed by atoms with van der Waals surface area (Å²) < 4.78 is 11.2. The lowest BCUT2D eigenvalue weighted by Crippen LogP contribution is -2.32. The third kappa shape index (κ3) is 5.07. The van der Waals surface area contributed by atoms with E-state index in [1.54, 1.807) is 18.3 Å². The summed E-state index contributed by atoms with van der Waals surface area (Å²) in [5.74, 6) is 1.10. The van der Waals surface area contributed by atoms with Gasteiger partial charge in [0.25, 0.3) is 0 Å². The molecule has 1 N–H and O–H groups in total. The molecule has 0 saturated carbocycles. The summed E-state index contributed by atoms with van der Waals surface area (Å²) in [5, 5.41) is 4.14. The van der Waals surface area contributed by atoms with Crippen LogP contribution in [0.5, 0.6) is 0 Å². The number of carbonyl (C=O) groups is 1. The Labute approximate surface area is 199 Å². The van der Waals surface area contributed by atoms with Crippen LogP contribution in [-0.2, 0) is 4.74 Å². The van der Waals surface area contributed by atoms with E-state index < -0.39 is 0 Å². The van der Waals surface area contributed by atoms with Crippen molar-refractivity contribution < 1.29 is 13.9 Å². The van der Waals surface area contributed by atoms with Crippen LogP contribution in [0.25, 0.3) is 11.3 Å². The topological polar surface area (TPSA) is 70.8 Å². The summed E-state index contributed by atoms with van der Waals surface area (Å²) in [6, 6.07) is 16.8. The second-order valence-electron chi connectivity index (χ2n) is 8.25. The van der Waals surface area contributed by atoms with Crippen molar-refractivity contribution in [2.45, 2.75) is 18.5 Å². The molecule has 4 rings (SSSR count). The fourth-order valence-corrected chi connectivity index (χ4v) is 4.43. The van der Waals surface area contributed by atoms with Gasteiger partial charge in [0.05, 0.1) is 24.4 Å². The zero-order chi connectivity index (χ0) is 23.4. The largest absolute Gasteiger partial charge is 0.465 e. The Morgan fingerprint density at radius 3 is 2.79 bits per heavy atom. The molecule has 0 radical (unpaired) electrons. The van der Waals surface area contributed by atoms with Crippen LogP contribution in [0.2, 0.25) is 0 Å². The predicted molar refractivity (Wildman–Crippen MR) is 131 cm³/mol. The predicted octanol–water partition coefficient (Wildman–Crippen LogP) is 4.05. The Morgan fingerprint density at radius 2 is 2.06 bits per heavy atom. The van der Waals surface area contributed by atoms with E-state index in [0.717, 1.165) is 36.5 Å². The summed E-state index contributed by atoms with van der Waals surface area (Å²) in [4.78, 5) is 20.9. The van der Waals surface area contributed by atoms with Crippen molar-refractivity contribution in [2.75, 3.05) is 34.3 Å². The van der Waals surface area contributed by atoms with E-state index >= 15 is 0 Å². The number of nitrogens with zero attached hydrogens (tertiary/aromatic N) is 3. The molecule has 0 unspecified atom stereocenters. The van der Waals surface area contributed by atoms with Crippen LogP contribution in [0.4, 0.5) is 0 Å². The lowest BCUT2D eigenvalue weighted by molar-refractivity contribution is 0.0601. The fourth-order valence-electron chi connectivity index (χ4n) is 4.10. The number of rotatable bonds is 8. The Balaban J connectivity index is 1.66. The average molecular weight is 465 g/mol. The number of methoxy groups -OCH3 is 1. The first-order valence-corrected chi connectivity index (χ1v) is 11.3. The van der Waals surface area contributed by atoms with Gasteiger partial charge in [-0.1, -0.05) is 18.2 Å². The first-order chi connectivity index (χ1) is 16.0. The van der Waals surface area contributed by atoms with E-state index in [2.05, 4.69) is 34.2 Å². The standard InChI is InChI=1S/C25H28N4O3S/c1-28(2)14-7-15-29-23(22(27-25(29)33)19-10-4-5-13-26-19)21-12-11-20(32-21)17-8-6-9-18(16-17)24(30)31-3/h4-6,8-13,16,22-23H,7,14-15H2,1-3H3,(H,27,33)/t22-,23+/m1/s1. The number of nitrogens with one attached hydrogen (secondary N) is 1. The molecule has 7 nitrogen and oxygen atoms in total. The zero-order valence-electron chi connectivity index (χ0n) is 19.0. The van der Waals surface area contributed by atoms with E-state index in [-0.39, 0.29) is 18.1 Å². The molecule has 2 atom stereocenters. The molecular formula is C25H28N4O3S. The van der Waals surface area contributed by atoms with Crippen molar-refractivity contribution in [1.29, 1.82) is 0 Å². The van der Waals surface area contributed by atoms with Gasteiger partial charge in [-0.3, -0.25) is 4.98 Å². The summed E-state index contributed by atoms with van der Waals surface area (Å²) >= 11 is 5.71. The third-order valence-electron chi connectivity index (χ3n) is 5.69. The highest BCUT2D eigenvalue weighted by molar-refractivity contribution is 7.80. The number of hydrogen-bond acceptors (Lipinski definition) is 6. The van der Waals surface area contributed by atoms with Crippen LogP contribution in [0, 0.1) is 0 Å². The van der Waals surface area contributed by atoms with Crippen LogP contribution in [0.15, 0.2) is 65.2 Å². The molecule has 0 spiro atoms. The van der Waals surface area contributed by atoms with Crippen LogP contribution < -0.4 is 5.32 Å². The number of furan rings is 1. The van der Waals surface area contributed by atoms with Gasteiger partial charge in [-0.05, 0) is 75.7 Å². The van der Waals surface area contributed by atoms with Crippen molar-refractivity contribution >= 4 is 23.3 Å². The van der Waals surface area contributed by atoms with Crippen LogP contribution >= 0.6 is 12.2 Å². The molecule has 8 heteroatoms. The molecule has 0 amide bonds. The fraction of sp³-hybridized carbons (Fsp3) is 0.320. The summed E-state index contributed by atoms with van der Waals surface area (Å²) in [7, 11) is 5.50. The summed E-state index contributed by atoms with van der Waals surface area (Å²) in [6.07, 6.45) is 2.76. The van der Waals surface area contributed by atoms with E-state index in [4.69, 9.17) is 21.4 Å². The van der Waals surface area contributed by atoms with Gasteiger partial charge in [0, 0.05) is 18.3 Å². The maximum absolute atomic E-state index is 11.9. The summed E-state index contributed by atoms with van der Waals surface area (Å²) in [5.41, 5.74) is 2.20. The van der Waals surface area contributed by atoms with Crippen molar-refractivity contribution in [3.05, 3.63) is 77.8 Å². The lowest BCUT2D eigenvalue weighted by atomic mass is 10.0. The summed E-state index contributed by atoms with van der Waals surface area (Å²) in [6.45, 7) is 1.76. The van der Waals surface area contributed by atoms with Crippen LogP contribution in [0.3, 0.4) is 0 Å². The number of pyridine rings is 1. The number of esters is 1. The smallest absolute Gasteiger partial charge is 0.337 e. The Morgan fingerprint density at radius 1 is 1.21 bits per heavy atom. The average Bonchev–Trinajstić information content (AvgIpc) is 3.44. The van der Waals surface area contributed by atoms with Gasteiger partial charge in [0.1, 0.15) is 17.6 Å². The maximum Gasteiger partial charge on any atom is 0.337 e. The number of ether oxygens (including phenoxy) is 1. The molecule has 1 aromatic carbocycles. The second-order valence-corrected chi connectivity index (χ2v) is 8.64. The maximum atomic E-state index is 11.9. The normalized spacial score (nSPS) is 17.9. The van der Waals surface area contributed by atoms with E-state index in [1.807, 2.05) is 42.5 Å². The Hall–Kier alpha value is -3.23. The second kappa shape index (κ2) is 10.1. The van der Waals surface area contributed by atoms with E-state index in [1.165, 1.54) is 7.11 Å².